The Hall–Kier alpha value is -1.32. The first-order chi connectivity index (χ1) is 8.78. The third-order valence-corrected chi connectivity index (χ3v) is 3.35. The second-order valence-electron chi connectivity index (χ2n) is 5.12. The van der Waals surface area contributed by atoms with E-state index in [1.807, 2.05) is 13.0 Å². The van der Waals surface area contributed by atoms with Gasteiger partial charge in [0, 0.05) is 24.3 Å². The standard InChI is InChI=1S/C14H24N4/c1-3-9-15-13-10-11(2)16-14(18-13)17-12-7-5-4-6-8-12/h10,12H,3-9H2,1-2H3,(H2,15,16,17,18). The van der Waals surface area contributed by atoms with Crippen LogP contribution in [0.5, 0.6) is 0 Å². The smallest absolute Gasteiger partial charge is 0.225 e. The van der Waals surface area contributed by atoms with Crippen LogP contribution in [0.3, 0.4) is 0 Å². The number of aryl methyl sites for hydroxylation is 1. The van der Waals surface area contributed by atoms with Crippen LogP contribution in [-0.2, 0) is 0 Å². The summed E-state index contributed by atoms with van der Waals surface area (Å²) in [5.41, 5.74) is 1.02. The molecule has 0 radical (unpaired) electrons. The Morgan fingerprint density at radius 2 is 2.00 bits per heavy atom. The predicted octanol–water partition coefficient (Wildman–Crippen LogP) is 3.35. The molecule has 1 saturated carbocycles. The Morgan fingerprint density at radius 3 is 2.72 bits per heavy atom. The summed E-state index contributed by atoms with van der Waals surface area (Å²) in [6.07, 6.45) is 7.61. The van der Waals surface area contributed by atoms with Gasteiger partial charge in [-0.3, -0.25) is 0 Å². The van der Waals surface area contributed by atoms with Gasteiger partial charge in [0.1, 0.15) is 5.82 Å². The Labute approximate surface area is 110 Å². The third-order valence-electron chi connectivity index (χ3n) is 3.35. The Kier molecular flexibility index (Phi) is 4.79. The van der Waals surface area contributed by atoms with Gasteiger partial charge in [-0.05, 0) is 26.2 Å². The van der Waals surface area contributed by atoms with Crippen LogP contribution in [0.4, 0.5) is 11.8 Å². The summed E-state index contributed by atoms with van der Waals surface area (Å²) in [5, 5.41) is 6.80. The predicted molar refractivity (Wildman–Crippen MR) is 76.0 cm³/mol. The number of rotatable bonds is 5. The SMILES string of the molecule is CCCNc1cc(C)nc(NC2CCCCC2)n1. The molecule has 0 atom stereocenters. The van der Waals surface area contributed by atoms with E-state index >= 15 is 0 Å². The Morgan fingerprint density at radius 1 is 1.22 bits per heavy atom. The minimum atomic E-state index is 0.555. The molecule has 0 spiro atoms. The van der Waals surface area contributed by atoms with Gasteiger partial charge in [-0.2, -0.15) is 4.98 Å². The minimum Gasteiger partial charge on any atom is -0.370 e. The molecule has 0 saturated heterocycles. The molecule has 1 aliphatic rings. The lowest BCUT2D eigenvalue weighted by Gasteiger charge is -2.23. The van der Waals surface area contributed by atoms with Crippen molar-refractivity contribution in [2.24, 2.45) is 0 Å². The molecule has 0 amide bonds. The van der Waals surface area contributed by atoms with Crippen molar-refractivity contribution in [1.29, 1.82) is 0 Å². The van der Waals surface area contributed by atoms with E-state index in [0.29, 0.717) is 6.04 Å². The molecule has 1 aromatic rings. The lowest BCUT2D eigenvalue weighted by Crippen LogP contribution is -2.23. The van der Waals surface area contributed by atoms with Crippen LogP contribution < -0.4 is 10.6 Å². The molecule has 4 heteroatoms. The van der Waals surface area contributed by atoms with Gasteiger partial charge < -0.3 is 10.6 Å². The van der Waals surface area contributed by atoms with Crippen molar-refractivity contribution in [3.63, 3.8) is 0 Å². The minimum absolute atomic E-state index is 0.555. The van der Waals surface area contributed by atoms with E-state index in [1.165, 1.54) is 32.1 Å². The lowest BCUT2D eigenvalue weighted by atomic mass is 9.96. The zero-order valence-electron chi connectivity index (χ0n) is 11.5. The van der Waals surface area contributed by atoms with E-state index in [0.717, 1.165) is 30.4 Å². The molecule has 100 valence electrons. The number of hydrogen-bond donors (Lipinski definition) is 2. The highest BCUT2D eigenvalue weighted by molar-refractivity contribution is 5.42. The summed E-state index contributed by atoms with van der Waals surface area (Å²) in [6.45, 7) is 5.13. The van der Waals surface area contributed by atoms with Gasteiger partial charge >= 0.3 is 0 Å². The molecule has 2 rings (SSSR count). The van der Waals surface area contributed by atoms with E-state index in [1.54, 1.807) is 0 Å². The summed E-state index contributed by atoms with van der Waals surface area (Å²) < 4.78 is 0. The summed E-state index contributed by atoms with van der Waals surface area (Å²) in [4.78, 5) is 9.01. The maximum absolute atomic E-state index is 4.53. The average molecular weight is 248 g/mol. The molecule has 1 heterocycles. The average Bonchev–Trinajstić information content (AvgIpc) is 2.37. The third kappa shape index (κ3) is 3.86. The van der Waals surface area contributed by atoms with E-state index in [9.17, 15) is 0 Å². The maximum atomic E-state index is 4.53. The van der Waals surface area contributed by atoms with Crippen LogP contribution in [0.15, 0.2) is 6.07 Å². The van der Waals surface area contributed by atoms with E-state index in [4.69, 9.17) is 0 Å². The van der Waals surface area contributed by atoms with Crippen molar-refractivity contribution < 1.29 is 0 Å². The van der Waals surface area contributed by atoms with Crippen LogP contribution in [0, 0.1) is 6.92 Å². The normalized spacial score (nSPS) is 16.6. The zero-order valence-corrected chi connectivity index (χ0v) is 11.5. The van der Waals surface area contributed by atoms with Crippen LogP contribution in [0.1, 0.15) is 51.1 Å². The van der Waals surface area contributed by atoms with Gasteiger partial charge in [-0.15, -0.1) is 0 Å². The number of nitrogens with one attached hydrogen (secondary N) is 2. The molecule has 1 aliphatic carbocycles. The number of anilines is 2. The van der Waals surface area contributed by atoms with Gasteiger partial charge in [-0.1, -0.05) is 26.2 Å². The number of aromatic nitrogens is 2. The fourth-order valence-electron chi connectivity index (χ4n) is 2.41. The topological polar surface area (TPSA) is 49.8 Å². The molecule has 0 aliphatic heterocycles. The van der Waals surface area contributed by atoms with Gasteiger partial charge in [-0.25, -0.2) is 4.98 Å². The molecule has 1 aromatic heterocycles. The zero-order chi connectivity index (χ0) is 12.8. The second-order valence-corrected chi connectivity index (χ2v) is 5.12. The van der Waals surface area contributed by atoms with Crippen molar-refractivity contribution in [3.05, 3.63) is 11.8 Å². The summed E-state index contributed by atoms with van der Waals surface area (Å²) >= 11 is 0. The molecule has 4 nitrogen and oxygen atoms in total. The van der Waals surface area contributed by atoms with Crippen LogP contribution in [0.2, 0.25) is 0 Å². The number of nitrogens with zero attached hydrogens (tertiary/aromatic N) is 2. The lowest BCUT2D eigenvalue weighted by molar-refractivity contribution is 0.461. The first kappa shape index (κ1) is 13.1. The highest BCUT2D eigenvalue weighted by Gasteiger charge is 2.14. The molecular weight excluding hydrogens is 224 g/mol. The van der Waals surface area contributed by atoms with Gasteiger partial charge in [0.05, 0.1) is 0 Å². The monoisotopic (exact) mass is 248 g/mol. The maximum Gasteiger partial charge on any atom is 0.225 e. The number of hydrogen-bond acceptors (Lipinski definition) is 4. The Balaban J connectivity index is 1.99. The first-order valence-corrected chi connectivity index (χ1v) is 7.14. The highest BCUT2D eigenvalue weighted by atomic mass is 15.2. The van der Waals surface area contributed by atoms with Crippen molar-refractivity contribution >= 4 is 11.8 Å². The largest absolute Gasteiger partial charge is 0.370 e. The van der Waals surface area contributed by atoms with E-state index < -0.39 is 0 Å². The molecule has 0 unspecified atom stereocenters. The molecule has 0 aromatic carbocycles. The fraction of sp³-hybridized carbons (Fsp3) is 0.714. The van der Waals surface area contributed by atoms with E-state index in [2.05, 4.69) is 27.5 Å². The summed E-state index contributed by atoms with van der Waals surface area (Å²) in [6, 6.07) is 2.56. The van der Waals surface area contributed by atoms with Gasteiger partial charge in [0.15, 0.2) is 0 Å². The van der Waals surface area contributed by atoms with Crippen molar-refractivity contribution in [2.75, 3.05) is 17.2 Å². The molecule has 0 bridgehead atoms. The first-order valence-electron chi connectivity index (χ1n) is 7.14. The van der Waals surface area contributed by atoms with Crippen molar-refractivity contribution in [1.82, 2.24) is 9.97 Å². The van der Waals surface area contributed by atoms with Gasteiger partial charge in [0.2, 0.25) is 5.95 Å². The van der Waals surface area contributed by atoms with Crippen molar-refractivity contribution in [2.45, 2.75) is 58.4 Å². The molecule has 1 fully saturated rings. The van der Waals surface area contributed by atoms with Crippen LogP contribution in [0.25, 0.3) is 0 Å². The highest BCUT2D eigenvalue weighted by Crippen LogP contribution is 2.20. The summed E-state index contributed by atoms with van der Waals surface area (Å²) in [7, 11) is 0. The van der Waals surface area contributed by atoms with Gasteiger partial charge in [0.25, 0.3) is 0 Å². The molecule has 2 N–H and O–H groups in total. The van der Waals surface area contributed by atoms with Crippen LogP contribution >= 0.6 is 0 Å². The molecular formula is C14H24N4. The fourth-order valence-corrected chi connectivity index (χ4v) is 2.41. The van der Waals surface area contributed by atoms with Crippen LogP contribution in [-0.4, -0.2) is 22.6 Å². The quantitative estimate of drug-likeness (QED) is 0.839. The Bertz CT molecular complexity index is 372. The van der Waals surface area contributed by atoms with E-state index in [-0.39, 0.29) is 0 Å². The second kappa shape index (κ2) is 6.57. The summed E-state index contributed by atoms with van der Waals surface area (Å²) in [5.74, 6) is 1.71. The van der Waals surface area contributed by atoms with Crippen molar-refractivity contribution in [3.8, 4) is 0 Å². The molecule has 18 heavy (non-hydrogen) atoms.